The molecule has 1 saturated carbocycles. The first-order chi connectivity index (χ1) is 11.7. The maximum absolute atomic E-state index is 13.0. The Bertz CT molecular complexity index is 829. The molecule has 0 saturated heterocycles. The molecule has 0 N–H and O–H groups in total. The molecule has 122 valence electrons. The van der Waals surface area contributed by atoms with Crippen molar-refractivity contribution in [3.63, 3.8) is 0 Å². The molecule has 1 fully saturated rings. The number of rotatable bonds is 2. The van der Waals surface area contributed by atoms with Gasteiger partial charge in [0.1, 0.15) is 5.75 Å². The predicted octanol–water partition coefficient (Wildman–Crippen LogP) is 4.48. The van der Waals surface area contributed by atoms with Crippen LogP contribution in [0.1, 0.15) is 69.5 Å². The fourth-order valence-electron chi connectivity index (χ4n) is 3.76. The van der Waals surface area contributed by atoms with Gasteiger partial charge < -0.3 is 4.74 Å². The van der Waals surface area contributed by atoms with Crippen LogP contribution < -0.4 is 4.74 Å². The smallest absolute Gasteiger partial charge is 0.198 e. The van der Waals surface area contributed by atoms with E-state index in [1.807, 2.05) is 13.0 Å². The van der Waals surface area contributed by atoms with Crippen molar-refractivity contribution >= 4 is 11.6 Å². The van der Waals surface area contributed by atoms with Crippen molar-refractivity contribution in [2.24, 2.45) is 0 Å². The summed E-state index contributed by atoms with van der Waals surface area (Å²) in [7, 11) is 0. The van der Waals surface area contributed by atoms with Gasteiger partial charge in [0.25, 0.3) is 0 Å². The summed E-state index contributed by atoms with van der Waals surface area (Å²) in [5.74, 6) is 0.413. The molecule has 0 aromatic heterocycles. The van der Waals surface area contributed by atoms with Crippen LogP contribution in [0.5, 0.6) is 5.75 Å². The highest BCUT2D eigenvalue weighted by atomic mass is 16.5. The number of carbonyl (C=O) groups excluding carboxylic acids is 2. The van der Waals surface area contributed by atoms with Crippen LogP contribution in [0.4, 0.5) is 0 Å². The van der Waals surface area contributed by atoms with Gasteiger partial charge >= 0.3 is 0 Å². The lowest BCUT2D eigenvalue weighted by molar-refractivity contribution is 0.0968. The number of benzene rings is 2. The summed E-state index contributed by atoms with van der Waals surface area (Å²) in [6, 6.07) is 10.7. The molecule has 0 amide bonds. The summed E-state index contributed by atoms with van der Waals surface area (Å²) in [6.45, 7) is 1.94. The molecule has 2 aliphatic carbocycles. The number of hydrogen-bond acceptors (Lipinski definition) is 3. The van der Waals surface area contributed by atoms with Gasteiger partial charge in [-0.15, -0.1) is 0 Å². The molecular weight excluding hydrogens is 300 g/mol. The molecule has 2 aromatic rings. The van der Waals surface area contributed by atoms with E-state index in [9.17, 15) is 9.59 Å². The van der Waals surface area contributed by atoms with Crippen LogP contribution >= 0.6 is 0 Å². The van der Waals surface area contributed by atoms with Gasteiger partial charge in [0.05, 0.1) is 11.7 Å². The summed E-state index contributed by atoms with van der Waals surface area (Å²) in [5.41, 5.74) is 2.80. The van der Waals surface area contributed by atoms with E-state index in [2.05, 4.69) is 0 Å². The van der Waals surface area contributed by atoms with Gasteiger partial charge in [-0.05, 0) is 44.2 Å². The molecule has 0 heterocycles. The van der Waals surface area contributed by atoms with Crippen LogP contribution in [0.3, 0.4) is 0 Å². The van der Waals surface area contributed by atoms with Crippen molar-refractivity contribution in [2.45, 2.75) is 45.1 Å². The van der Waals surface area contributed by atoms with Crippen LogP contribution in [-0.2, 0) is 0 Å². The van der Waals surface area contributed by atoms with Gasteiger partial charge in [0, 0.05) is 16.7 Å². The molecule has 0 atom stereocenters. The largest absolute Gasteiger partial charge is 0.489 e. The summed E-state index contributed by atoms with van der Waals surface area (Å²) in [5, 5.41) is 0. The Labute approximate surface area is 141 Å². The number of fused-ring (bicyclic) bond motifs is 2. The Hall–Kier alpha value is -2.42. The van der Waals surface area contributed by atoms with Gasteiger partial charge in [0.2, 0.25) is 0 Å². The molecular formula is C21H20O3. The normalized spacial score (nSPS) is 17.4. The second kappa shape index (κ2) is 5.90. The van der Waals surface area contributed by atoms with E-state index in [0.717, 1.165) is 31.2 Å². The standard InChI is InChI=1S/C21H20O3/c1-13-11-12-17-18(21(13)24-14-7-3-2-4-8-14)20(23)16-10-6-5-9-15(16)19(17)22/h5-6,9-12,14H,2-4,7-8H2,1H3. The van der Waals surface area contributed by atoms with Crippen molar-refractivity contribution in [3.05, 3.63) is 64.2 Å². The molecule has 0 unspecified atom stereocenters. The van der Waals surface area contributed by atoms with Gasteiger partial charge in [-0.2, -0.15) is 0 Å². The van der Waals surface area contributed by atoms with Crippen LogP contribution in [0.15, 0.2) is 36.4 Å². The monoisotopic (exact) mass is 320 g/mol. The van der Waals surface area contributed by atoms with Crippen molar-refractivity contribution < 1.29 is 14.3 Å². The van der Waals surface area contributed by atoms with Crippen LogP contribution in [0, 0.1) is 6.92 Å². The zero-order valence-electron chi connectivity index (χ0n) is 13.8. The summed E-state index contributed by atoms with van der Waals surface area (Å²) in [4.78, 5) is 25.8. The molecule has 0 aliphatic heterocycles. The summed E-state index contributed by atoms with van der Waals surface area (Å²) in [6.07, 6.45) is 5.74. The van der Waals surface area contributed by atoms with Crippen LogP contribution in [0.2, 0.25) is 0 Å². The SMILES string of the molecule is Cc1ccc2c(c1OC1CCCCC1)C(=O)c1ccccc1C2=O. The highest BCUT2D eigenvalue weighted by molar-refractivity contribution is 6.29. The molecule has 4 rings (SSSR count). The third-order valence-electron chi connectivity index (χ3n) is 5.08. The highest BCUT2D eigenvalue weighted by Crippen LogP contribution is 2.37. The minimum Gasteiger partial charge on any atom is -0.489 e. The second-order valence-corrected chi connectivity index (χ2v) is 6.72. The molecule has 0 radical (unpaired) electrons. The van der Waals surface area contributed by atoms with E-state index < -0.39 is 0 Å². The number of carbonyl (C=O) groups is 2. The Morgan fingerprint density at radius 3 is 2.21 bits per heavy atom. The van der Waals surface area contributed by atoms with Crippen molar-refractivity contribution in [1.82, 2.24) is 0 Å². The quantitative estimate of drug-likeness (QED) is 0.699. The molecule has 2 aliphatic rings. The fraction of sp³-hybridized carbons (Fsp3) is 0.333. The first kappa shape index (κ1) is 15.1. The maximum atomic E-state index is 13.0. The van der Waals surface area contributed by atoms with E-state index in [4.69, 9.17) is 4.74 Å². The minimum absolute atomic E-state index is 0.0892. The third kappa shape index (κ3) is 2.35. The lowest BCUT2D eigenvalue weighted by atomic mass is 9.82. The van der Waals surface area contributed by atoms with Crippen LogP contribution in [0.25, 0.3) is 0 Å². The molecule has 3 heteroatoms. The van der Waals surface area contributed by atoms with Crippen molar-refractivity contribution in [1.29, 1.82) is 0 Å². The first-order valence-corrected chi connectivity index (χ1v) is 8.65. The van der Waals surface area contributed by atoms with E-state index >= 15 is 0 Å². The van der Waals surface area contributed by atoms with E-state index in [0.29, 0.717) is 28.0 Å². The first-order valence-electron chi connectivity index (χ1n) is 8.65. The predicted molar refractivity (Wildman–Crippen MR) is 92.0 cm³/mol. The number of ether oxygens (including phenoxy) is 1. The Morgan fingerprint density at radius 2 is 1.50 bits per heavy atom. The molecule has 2 aromatic carbocycles. The molecule has 0 bridgehead atoms. The number of ketones is 2. The Morgan fingerprint density at radius 1 is 0.833 bits per heavy atom. The Kier molecular flexibility index (Phi) is 3.72. The third-order valence-corrected chi connectivity index (χ3v) is 5.08. The maximum Gasteiger partial charge on any atom is 0.198 e. The van der Waals surface area contributed by atoms with Gasteiger partial charge in [-0.1, -0.05) is 36.8 Å². The molecule has 24 heavy (non-hydrogen) atoms. The van der Waals surface area contributed by atoms with Gasteiger partial charge in [0.15, 0.2) is 11.6 Å². The zero-order valence-corrected chi connectivity index (χ0v) is 13.8. The number of aryl methyl sites for hydroxylation is 1. The molecule has 3 nitrogen and oxygen atoms in total. The zero-order chi connectivity index (χ0) is 16.7. The highest BCUT2D eigenvalue weighted by Gasteiger charge is 2.33. The van der Waals surface area contributed by atoms with Gasteiger partial charge in [-0.3, -0.25) is 9.59 Å². The second-order valence-electron chi connectivity index (χ2n) is 6.72. The molecule has 0 spiro atoms. The average molecular weight is 320 g/mol. The fourth-order valence-corrected chi connectivity index (χ4v) is 3.76. The van der Waals surface area contributed by atoms with Crippen molar-refractivity contribution in [2.75, 3.05) is 0 Å². The van der Waals surface area contributed by atoms with E-state index in [-0.39, 0.29) is 17.7 Å². The lowest BCUT2D eigenvalue weighted by Gasteiger charge is -2.27. The lowest BCUT2D eigenvalue weighted by Crippen LogP contribution is -2.25. The summed E-state index contributed by atoms with van der Waals surface area (Å²) < 4.78 is 6.25. The minimum atomic E-state index is -0.102. The topological polar surface area (TPSA) is 43.4 Å². The van der Waals surface area contributed by atoms with E-state index in [1.54, 1.807) is 30.3 Å². The van der Waals surface area contributed by atoms with Crippen LogP contribution in [-0.4, -0.2) is 17.7 Å². The van der Waals surface area contributed by atoms with Crippen molar-refractivity contribution in [3.8, 4) is 5.75 Å². The van der Waals surface area contributed by atoms with Gasteiger partial charge in [-0.25, -0.2) is 0 Å². The average Bonchev–Trinajstić information content (AvgIpc) is 2.62. The van der Waals surface area contributed by atoms with E-state index in [1.165, 1.54) is 6.42 Å². The Balaban J connectivity index is 1.82. The number of hydrogen-bond donors (Lipinski definition) is 0. The summed E-state index contributed by atoms with van der Waals surface area (Å²) >= 11 is 0.